The molecule has 5 nitrogen and oxygen atoms in total. The van der Waals surface area contributed by atoms with Gasteiger partial charge < -0.3 is 15.1 Å². The van der Waals surface area contributed by atoms with Gasteiger partial charge in [-0.15, -0.1) is 11.3 Å². The van der Waals surface area contributed by atoms with Crippen molar-refractivity contribution in [3.63, 3.8) is 0 Å². The maximum atomic E-state index is 12.0. The van der Waals surface area contributed by atoms with E-state index < -0.39 is 0 Å². The number of nitrogens with one attached hydrogen (secondary N) is 1. The fraction of sp³-hybridized carbons (Fsp3) is 0.750. The minimum Gasteiger partial charge on any atom is -0.338 e. The lowest BCUT2D eigenvalue weighted by Gasteiger charge is -2.30. The molecule has 2 amide bonds. The van der Waals surface area contributed by atoms with E-state index in [4.69, 9.17) is 0 Å². The summed E-state index contributed by atoms with van der Waals surface area (Å²) in [5.74, 6) is 0.874. The van der Waals surface area contributed by atoms with Gasteiger partial charge in [0.25, 0.3) is 0 Å². The first-order valence-electron chi connectivity index (χ1n) is 8.17. The molecule has 2 heterocycles. The van der Waals surface area contributed by atoms with Crippen LogP contribution in [-0.2, 0) is 6.54 Å². The predicted molar refractivity (Wildman–Crippen MR) is 91.2 cm³/mol. The third-order valence-corrected chi connectivity index (χ3v) is 5.04. The van der Waals surface area contributed by atoms with Gasteiger partial charge in [0, 0.05) is 19.0 Å². The monoisotopic (exact) mass is 324 g/mol. The lowest BCUT2D eigenvalue weighted by molar-refractivity contribution is 0.187. The zero-order valence-corrected chi connectivity index (χ0v) is 14.8. The fourth-order valence-corrected chi connectivity index (χ4v) is 3.32. The molecule has 1 aromatic heterocycles. The maximum absolute atomic E-state index is 12.0. The number of carbonyl (C=O) groups excluding carboxylic acids is 1. The Hall–Kier alpha value is -1.14. The van der Waals surface area contributed by atoms with Crippen LogP contribution in [0.25, 0.3) is 0 Å². The summed E-state index contributed by atoms with van der Waals surface area (Å²) in [6, 6.07) is -0.0158. The van der Waals surface area contributed by atoms with Crippen LogP contribution in [0.4, 0.5) is 4.79 Å². The van der Waals surface area contributed by atoms with E-state index in [1.807, 2.05) is 19.4 Å². The molecule has 0 aromatic carbocycles. The number of hydrogen-bond acceptors (Lipinski definition) is 4. The second kappa shape index (κ2) is 8.48. The van der Waals surface area contributed by atoms with E-state index in [1.165, 1.54) is 25.9 Å². The van der Waals surface area contributed by atoms with E-state index in [1.54, 1.807) is 16.2 Å². The SMILES string of the molecule is Cc1nc(CN(C)C(=O)NCCCN2CCC(C)CC2)cs1. The van der Waals surface area contributed by atoms with Crippen LogP contribution < -0.4 is 5.32 Å². The summed E-state index contributed by atoms with van der Waals surface area (Å²) >= 11 is 1.62. The quantitative estimate of drug-likeness (QED) is 0.819. The Kier molecular flexibility index (Phi) is 6.64. The normalized spacial score (nSPS) is 16.7. The first-order chi connectivity index (χ1) is 10.5. The van der Waals surface area contributed by atoms with Crippen LogP contribution >= 0.6 is 11.3 Å². The van der Waals surface area contributed by atoms with Crippen molar-refractivity contribution in [2.24, 2.45) is 5.92 Å². The van der Waals surface area contributed by atoms with Crippen LogP contribution in [0.5, 0.6) is 0 Å². The molecule has 1 N–H and O–H groups in total. The van der Waals surface area contributed by atoms with Crippen molar-refractivity contribution >= 4 is 17.4 Å². The smallest absolute Gasteiger partial charge is 0.317 e. The van der Waals surface area contributed by atoms with Gasteiger partial charge in [0.05, 0.1) is 17.2 Å². The van der Waals surface area contributed by atoms with Crippen LogP contribution in [0, 0.1) is 12.8 Å². The number of carbonyl (C=O) groups is 1. The van der Waals surface area contributed by atoms with E-state index in [-0.39, 0.29) is 6.03 Å². The number of aryl methyl sites for hydroxylation is 1. The second-order valence-corrected chi connectivity index (χ2v) is 7.39. The van der Waals surface area contributed by atoms with Crippen molar-refractivity contribution in [2.75, 3.05) is 33.2 Å². The molecule has 1 aromatic rings. The molecule has 22 heavy (non-hydrogen) atoms. The second-order valence-electron chi connectivity index (χ2n) is 6.32. The molecule has 2 rings (SSSR count). The van der Waals surface area contributed by atoms with Crippen LogP contribution in [0.15, 0.2) is 5.38 Å². The first-order valence-corrected chi connectivity index (χ1v) is 9.05. The van der Waals surface area contributed by atoms with Crippen molar-refractivity contribution < 1.29 is 4.79 Å². The van der Waals surface area contributed by atoms with Crippen molar-refractivity contribution in [2.45, 2.75) is 39.7 Å². The summed E-state index contributed by atoms with van der Waals surface area (Å²) in [7, 11) is 1.82. The Balaban J connectivity index is 1.59. The molecule has 0 saturated carbocycles. The average Bonchev–Trinajstić information content (AvgIpc) is 2.90. The number of aromatic nitrogens is 1. The fourth-order valence-electron chi connectivity index (χ4n) is 2.71. The number of nitrogens with zero attached hydrogens (tertiary/aromatic N) is 3. The largest absolute Gasteiger partial charge is 0.338 e. The number of likely N-dealkylation sites (tertiary alicyclic amines) is 1. The topological polar surface area (TPSA) is 48.5 Å². The van der Waals surface area contributed by atoms with E-state index in [0.29, 0.717) is 6.54 Å². The summed E-state index contributed by atoms with van der Waals surface area (Å²) < 4.78 is 0. The Morgan fingerprint density at radius 1 is 1.50 bits per heavy atom. The minimum atomic E-state index is -0.0158. The van der Waals surface area contributed by atoms with Crippen LogP contribution in [0.3, 0.4) is 0 Å². The van der Waals surface area contributed by atoms with Gasteiger partial charge in [-0.2, -0.15) is 0 Å². The first kappa shape index (κ1) is 17.2. The van der Waals surface area contributed by atoms with Gasteiger partial charge in [0.2, 0.25) is 0 Å². The third-order valence-electron chi connectivity index (χ3n) is 4.22. The zero-order valence-electron chi connectivity index (χ0n) is 14.0. The van der Waals surface area contributed by atoms with Crippen molar-refractivity contribution in [3.8, 4) is 0 Å². The molecule has 1 aliphatic heterocycles. The highest BCUT2D eigenvalue weighted by atomic mass is 32.1. The molecule has 0 aliphatic carbocycles. The molecule has 0 atom stereocenters. The highest BCUT2D eigenvalue weighted by molar-refractivity contribution is 7.09. The molecule has 1 fully saturated rings. The predicted octanol–water partition coefficient (Wildman–Crippen LogP) is 2.71. The average molecular weight is 324 g/mol. The third kappa shape index (κ3) is 5.57. The molecule has 0 bridgehead atoms. The Morgan fingerprint density at radius 3 is 2.86 bits per heavy atom. The molecule has 6 heteroatoms. The minimum absolute atomic E-state index is 0.0158. The Morgan fingerprint density at radius 2 is 2.23 bits per heavy atom. The molecule has 124 valence electrons. The van der Waals surface area contributed by atoms with Crippen molar-refractivity contribution in [1.82, 2.24) is 20.1 Å². The molecule has 1 aliphatic rings. The van der Waals surface area contributed by atoms with Gasteiger partial charge >= 0.3 is 6.03 Å². The van der Waals surface area contributed by atoms with E-state index in [0.717, 1.165) is 36.1 Å². The summed E-state index contributed by atoms with van der Waals surface area (Å²) in [4.78, 5) is 20.6. The molecule has 0 unspecified atom stereocenters. The Bertz CT molecular complexity index is 468. The number of hydrogen-bond donors (Lipinski definition) is 1. The van der Waals surface area contributed by atoms with Crippen LogP contribution in [0.1, 0.15) is 36.9 Å². The molecule has 0 radical (unpaired) electrons. The number of piperidine rings is 1. The highest BCUT2D eigenvalue weighted by Gasteiger charge is 2.15. The van der Waals surface area contributed by atoms with E-state index >= 15 is 0 Å². The zero-order chi connectivity index (χ0) is 15.9. The lowest BCUT2D eigenvalue weighted by atomic mass is 9.99. The van der Waals surface area contributed by atoms with Gasteiger partial charge in [-0.25, -0.2) is 9.78 Å². The molecule has 1 saturated heterocycles. The van der Waals surface area contributed by atoms with Gasteiger partial charge in [-0.1, -0.05) is 6.92 Å². The Labute approximate surface area is 137 Å². The summed E-state index contributed by atoms with van der Waals surface area (Å²) in [6.07, 6.45) is 3.63. The molecular weight excluding hydrogens is 296 g/mol. The summed E-state index contributed by atoms with van der Waals surface area (Å²) in [6.45, 7) is 9.12. The van der Waals surface area contributed by atoms with E-state index in [2.05, 4.69) is 22.1 Å². The van der Waals surface area contributed by atoms with Crippen molar-refractivity contribution in [3.05, 3.63) is 16.1 Å². The maximum Gasteiger partial charge on any atom is 0.317 e. The van der Waals surface area contributed by atoms with Crippen molar-refractivity contribution in [1.29, 1.82) is 0 Å². The lowest BCUT2D eigenvalue weighted by Crippen LogP contribution is -2.39. The van der Waals surface area contributed by atoms with Crippen LogP contribution in [-0.4, -0.2) is 54.0 Å². The highest BCUT2D eigenvalue weighted by Crippen LogP contribution is 2.15. The van der Waals surface area contributed by atoms with Gasteiger partial charge in [-0.3, -0.25) is 0 Å². The van der Waals surface area contributed by atoms with Gasteiger partial charge in [-0.05, 0) is 51.7 Å². The number of rotatable bonds is 6. The van der Waals surface area contributed by atoms with Crippen LogP contribution in [0.2, 0.25) is 0 Å². The number of amides is 2. The number of urea groups is 1. The summed E-state index contributed by atoms with van der Waals surface area (Å²) in [5, 5.41) is 6.05. The molecule has 0 spiro atoms. The van der Waals surface area contributed by atoms with Gasteiger partial charge in [0.1, 0.15) is 0 Å². The molecular formula is C16H28N4OS. The standard InChI is InChI=1S/C16H28N4OS/c1-13-5-9-20(10-6-13)8-4-7-17-16(21)19(3)11-15-12-22-14(2)18-15/h12-13H,4-11H2,1-3H3,(H,17,21). The van der Waals surface area contributed by atoms with E-state index in [9.17, 15) is 4.79 Å². The summed E-state index contributed by atoms with van der Waals surface area (Å²) in [5.41, 5.74) is 0.961. The van der Waals surface area contributed by atoms with Gasteiger partial charge in [0.15, 0.2) is 0 Å². The number of thiazole rings is 1.